The Morgan fingerprint density at radius 1 is 1.17 bits per heavy atom. The van der Waals surface area contributed by atoms with Gasteiger partial charge in [-0.1, -0.05) is 57.6 Å². The summed E-state index contributed by atoms with van der Waals surface area (Å²) in [6.45, 7) is 0. The zero-order valence-electron chi connectivity index (χ0n) is 12.4. The lowest BCUT2D eigenvalue weighted by Crippen LogP contribution is -2.11. The molecule has 4 nitrogen and oxygen atoms in total. The van der Waals surface area contributed by atoms with Crippen LogP contribution in [0.1, 0.15) is 15.9 Å². The van der Waals surface area contributed by atoms with Crippen molar-refractivity contribution in [3.63, 3.8) is 0 Å². The molecule has 3 rings (SSSR count). The van der Waals surface area contributed by atoms with E-state index in [0.29, 0.717) is 26.7 Å². The van der Waals surface area contributed by atoms with Crippen LogP contribution in [0.4, 0.5) is 10.0 Å². The van der Waals surface area contributed by atoms with Gasteiger partial charge >= 0.3 is 0 Å². The van der Waals surface area contributed by atoms with Gasteiger partial charge < -0.3 is 11.1 Å². The summed E-state index contributed by atoms with van der Waals surface area (Å²) in [4.78, 5) is 12.3. The molecule has 0 saturated carbocycles. The summed E-state index contributed by atoms with van der Waals surface area (Å²) in [5.74, 6) is -0.269. The summed E-state index contributed by atoms with van der Waals surface area (Å²) >= 11 is 4.62. The lowest BCUT2D eigenvalue weighted by atomic mass is 10.0. The van der Waals surface area contributed by atoms with E-state index in [2.05, 4.69) is 27.3 Å². The Bertz CT molecular complexity index is 945. The van der Waals surface area contributed by atoms with Gasteiger partial charge in [-0.25, -0.2) is 0 Å². The maximum Gasteiger partial charge on any atom is 0.256 e. The quantitative estimate of drug-likeness (QED) is 0.660. The van der Waals surface area contributed by atoms with Crippen LogP contribution in [0.2, 0.25) is 0 Å². The third-order valence-electron chi connectivity index (χ3n) is 3.42. The Kier molecular flexibility index (Phi) is 4.65. The molecule has 3 N–H and O–H groups in total. The van der Waals surface area contributed by atoms with Crippen molar-refractivity contribution in [3.05, 3.63) is 70.2 Å². The minimum absolute atomic E-state index is 0.269. The van der Waals surface area contributed by atoms with Crippen LogP contribution in [0.25, 0.3) is 11.1 Å². The molecule has 0 radical (unpaired) electrons. The number of benzene rings is 2. The Morgan fingerprint density at radius 2 is 1.92 bits per heavy atom. The molecule has 0 bridgehead atoms. The number of rotatable bonds is 3. The fourth-order valence-electron chi connectivity index (χ4n) is 2.34. The van der Waals surface area contributed by atoms with E-state index >= 15 is 0 Å². The molecular weight excluding hydrogens is 386 g/mol. The zero-order valence-corrected chi connectivity index (χ0v) is 14.8. The number of nitrogens with one attached hydrogen (secondary N) is 1. The molecule has 3 aromatic rings. The highest BCUT2D eigenvalue weighted by Crippen LogP contribution is 2.42. The number of nitriles is 1. The third kappa shape index (κ3) is 3.18. The smallest absolute Gasteiger partial charge is 0.256 e. The summed E-state index contributed by atoms with van der Waals surface area (Å²) in [6, 6.07) is 18.6. The van der Waals surface area contributed by atoms with Gasteiger partial charge in [0.05, 0.1) is 10.6 Å². The van der Waals surface area contributed by atoms with Crippen molar-refractivity contribution in [1.82, 2.24) is 0 Å². The number of thiophene rings is 1. The molecule has 0 spiro atoms. The van der Waals surface area contributed by atoms with Crippen LogP contribution in [0.5, 0.6) is 0 Å². The van der Waals surface area contributed by atoms with Crippen molar-refractivity contribution in [2.24, 2.45) is 0 Å². The molecule has 0 atom stereocenters. The molecule has 1 aromatic heterocycles. The topological polar surface area (TPSA) is 78.9 Å². The zero-order chi connectivity index (χ0) is 17.1. The molecule has 0 aliphatic carbocycles. The number of amides is 1. The molecule has 24 heavy (non-hydrogen) atoms. The van der Waals surface area contributed by atoms with Crippen LogP contribution in [-0.4, -0.2) is 5.91 Å². The van der Waals surface area contributed by atoms with Crippen molar-refractivity contribution >= 4 is 43.2 Å². The van der Waals surface area contributed by atoms with Crippen LogP contribution >= 0.6 is 27.3 Å². The van der Waals surface area contributed by atoms with E-state index in [4.69, 9.17) is 5.73 Å². The maximum atomic E-state index is 12.3. The molecule has 0 unspecified atom stereocenters. The van der Waals surface area contributed by atoms with Crippen LogP contribution in [0.3, 0.4) is 0 Å². The van der Waals surface area contributed by atoms with E-state index in [9.17, 15) is 10.1 Å². The highest BCUT2D eigenvalue weighted by Gasteiger charge is 2.20. The number of nitrogens with two attached hydrogens (primary N) is 1. The minimum atomic E-state index is -0.269. The molecule has 2 aromatic carbocycles. The van der Waals surface area contributed by atoms with E-state index in [0.717, 1.165) is 10.0 Å². The third-order valence-corrected chi connectivity index (χ3v) is 4.85. The predicted molar refractivity (Wildman–Crippen MR) is 101 cm³/mol. The second kappa shape index (κ2) is 6.87. The van der Waals surface area contributed by atoms with Gasteiger partial charge in [-0.05, 0) is 29.8 Å². The van der Waals surface area contributed by atoms with Crippen molar-refractivity contribution < 1.29 is 4.79 Å². The van der Waals surface area contributed by atoms with Crippen LogP contribution in [0.15, 0.2) is 59.1 Å². The second-order valence-electron chi connectivity index (χ2n) is 4.99. The lowest BCUT2D eigenvalue weighted by molar-refractivity contribution is 0.102. The summed E-state index contributed by atoms with van der Waals surface area (Å²) in [5, 5.41) is 13.3. The number of carbonyl (C=O) groups is 1. The van der Waals surface area contributed by atoms with Crippen LogP contribution in [0, 0.1) is 11.3 Å². The highest BCUT2D eigenvalue weighted by atomic mass is 79.9. The van der Waals surface area contributed by atoms with Gasteiger partial charge in [0.2, 0.25) is 0 Å². The Hall–Kier alpha value is -2.62. The van der Waals surface area contributed by atoms with Crippen molar-refractivity contribution in [1.29, 1.82) is 5.26 Å². The molecule has 118 valence electrons. The fourth-order valence-corrected chi connectivity index (χ4v) is 3.67. The number of anilines is 2. The summed E-state index contributed by atoms with van der Waals surface area (Å²) < 4.78 is 0.893. The largest absolute Gasteiger partial charge is 0.390 e. The molecule has 0 aliphatic rings. The summed E-state index contributed by atoms with van der Waals surface area (Å²) in [6.07, 6.45) is 0. The normalized spacial score (nSPS) is 10.2. The van der Waals surface area contributed by atoms with Gasteiger partial charge in [-0.15, -0.1) is 0 Å². The first-order chi connectivity index (χ1) is 11.6. The molecule has 0 fully saturated rings. The summed E-state index contributed by atoms with van der Waals surface area (Å²) in [7, 11) is 0. The van der Waals surface area contributed by atoms with Crippen LogP contribution < -0.4 is 11.1 Å². The first-order valence-corrected chi connectivity index (χ1v) is 8.66. The van der Waals surface area contributed by atoms with Gasteiger partial charge in [0.1, 0.15) is 11.1 Å². The number of halogens is 1. The van der Waals surface area contributed by atoms with E-state index in [1.807, 2.05) is 30.3 Å². The standard InChI is InChI=1S/C18H12BrN3OS/c19-13-8-4-7-12(9-13)15-14(10-20)18(24-16(15)21)22-17(23)11-5-2-1-3-6-11/h1-9H,21H2,(H,22,23). The molecular formula is C18H12BrN3OS. The van der Waals surface area contributed by atoms with Crippen molar-refractivity contribution in [3.8, 4) is 17.2 Å². The molecule has 0 aliphatic heterocycles. The monoisotopic (exact) mass is 397 g/mol. The van der Waals surface area contributed by atoms with Gasteiger partial charge in [-0.3, -0.25) is 4.79 Å². The van der Waals surface area contributed by atoms with Crippen LogP contribution in [-0.2, 0) is 0 Å². The highest BCUT2D eigenvalue weighted by molar-refractivity contribution is 9.10. The van der Waals surface area contributed by atoms with Crippen molar-refractivity contribution in [2.75, 3.05) is 11.1 Å². The number of hydrogen-bond acceptors (Lipinski definition) is 4. The van der Waals surface area contributed by atoms with E-state index < -0.39 is 0 Å². The average molecular weight is 398 g/mol. The van der Waals surface area contributed by atoms with Crippen molar-refractivity contribution in [2.45, 2.75) is 0 Å². The molecule has 1 amide bonds. The fraction of sp³-hybridized carbons (Fsp3) is 0. The summed E-state index contributed by atoms with van der Waals surface area (Å²) in [5.41, 5.74) is 8.49. The Balaban J connectivity index is 2.01. The lowest BCUT2D eigenvalue weighted by Gasteiger charge is -2.04. The molecule has 0 saturated heterocycles. The first kappa shape index (κ1) is 16.2. The van der Waals surface area contributed by atoms with Gasteiger partial charge in [0.25, 0.3) is 5.91 Å². The van der Waals surface area contributed by atoms with E-state index in [1.54, 1.807) is 24.3 Å². The second-order valence-corrected chi connectivity index (χ2v) is 6.96. The minimum Gasteiger partial charge on any atom is -0.390 e. The Labute approximate surface area is 151 Å². The maximum absolute atomic E-state index is 12.3. The van der Waals surface area contributed by atoms with Gasteiger partial charge in [0.15, 0.2) is 0 Å². The number of nitrogen functional groups attached to an aromatic ring is 1. The predicted octanol–water partition coefficient (Wildman–Crippen LogP) is 4.88. The molecule has 6 heteroatoms. The number of hydrogen-bond donors (Lipinski definition) is 2. The van der Waals surface area contributed by atoms with E-state index in [-0.39, 0.29) is 5.91 Å². The van der Waals surface area contributed by atoms with E-state index in [1.165, 1.54) is 11.3 Å². The number of carbonyl (C=O) groups excluding carboxylic acids is 1. The SMILES string of the molecule is N#Cc1c(NC(=O)c2ccccc2)sc(N)c1-c1cccc(Br)c1. The number of nitrogens with zero attached hydrogens (tertiary/aromatic N) is 1. The van der Waals surface area contributed by atoms with Gasteiger partial charge in [-0.2, -0.15) is 5.26 Å². The Morgan fingerprint density at radius 3 is 2.58 bits per heavy atom. The van der Waals surface area contributed by atoms with Gasteiger partial charge in [0, 0.05) is 15.6 Å². The first-order valence-electron chi connectivity index (χ1n) is 7.05. The molecule has 1 heterocycles. The average Bonchev–Trinajstić information content (AvgIpc) is 2.90.